The first-order valence-electron chi connectivity index (χ1n) is 8.87. The first kappa shape index (κ1) is 19.8. The molecule has 0 aliphatic heterocycles. The molecule has 0 aliphatic carbocycles. The molecule has 3 heterocycles. The summed E-state index contributed by atoms with van der Waals surface area (Å²) < 4.78 is 2.04. The second kappa shape index (κ2) is 9.87. The number of nitrogens with one attached hydrogen (secondary N) is 1. The summed E-state index contributed by atoms with van der Waals surface area (Å²) in [7, 11) is 0. The lowest BCUT2D eigenvalue weighted by atomic mass is 10.1. The Morgan fingerprint density at radius 1 is 0.926 bits per heavy atom. The minimum absolute atomic E-state index is 0.772. The Kier molecular flexibility index (Phi) is 7.26. The van der Waals surface area contributed by atoms with Crippen LogP contribution in [0.4, 0.5) is 5.69 Å². The molecule has 27 heavy (non-hydrogen) atoms. The number of fused-ring (bicyclic) bond motifs is 1. The van der Waals surface area contributed by atoms with Crippen molar-refractivity contribution >= 4 is 17.5 Å². The summed E-state index contributed by atoms with van der Waals surface area (Å²) in [5.41, 5.74) is 11.6. The van der Waals surface area contributed by atoms with E-state index < -0.39 is 0 Å². The highest BCUT2D eigenvalue weighted by atomic mass is 15.0. The fourth-order valence-corrected chi connectivity index (χ4v) is 2.36. The van der Waals surface area contributed by atoms with Gasteiger partial charge >= 0.3 is 0 Å². The number of aromatic nitrogens is 3. The van der Waals surface area contributed by atoms with Crippen LogP contribution in [0.5, 0.6) is 0 Å². The van der Waals surface area contributed by atoms with Gasteiger partial charge in [-0.1, -0.05) is 32.0 Å². The summed E-state index contributed by atoms with van der Waals surface area (Å²) in [4.78, 5) is 8.37. The van der Waals surface area contributed by atoms with Gasteiger partial charge in [-0.15, -0.1) is 0 Å². The SMILES string of the molecule is CC.Cc1ccc2nc(-c3ccc(N)cc3)cn2c1.N=Cc1ccncc1. The van der Waals surface area contributed by atoms with Gasteiger partial charge in [0.1, 0.15) is 5.65 Å². The van der Waals surface area contributed by atoms with Crippen molar-refractivity contribution in [1.29, 1.82) is 5.41 Å². The van der Waals surface area contributed by atoms with E-state index in [1.165, 1.54) is 11.8 Å². The van der Waals surface area contributed by atoms with Crippen LogP contribution in [-0.2, 0) is 0 Å². The first-order chi connectivity index (χ1) is 13.2. The molecular weight excluding hydrogens is 334 g/mol. The van der Waals surface area contributed by atoms with Gasteiger partial charge in [-0.2, -0.15) is 0 Å². The van der Waals surface area contributed by atoms with E-state index >= 15 is 0 Å². The largest absolute Gasteiger partial charge is 0.399 e. The molecule has 138 valence electrons. The van der Waals surface area contributed by atoms with E-state index in [9.17, 15) is 0 Å². The molecule has 3 aromatic heterocycles. The van der Waals surface area contributed by atoms with E-state index in [0.29, 0.717) is 0 Å². The molecule has 1 aromatic carbocycles. The van der Waals surface area contributed by atoms with Crippen LogP contribution in [0.1, 0.15) is 25.0 Å². The summed E-state index contributed by atoms with van der Waals surface area (Å²) >= 11 is 0. The van der Waals surface area contributed by atoms with Crippen molar-refractivity contribution in [1.82, 2.24) is 14.4 Å². The number of nitrogens with two attached hydrogens (primary N) is 1. The number of imidazole rings is 1. The maximum absolute atomic E-state index is 6.79. The van der Waals surface area contributed by atoms with E-state index in [1.54, 1.807) is 24.5 Å². The Labute approximate surface area is 160 Å². The number of hydrogen-bond acceptors (Lipinski definition) is 4. The molecule has 0 spiro atoms. The van der Waals surface area contributed by atoms with E-state index in [-0.39, 0.29) is 0 Å². The van der Waals surface area contributed by atoms with Gasteiger partial charge in [0.2, 0.25) is 0 Å². The zero-order valence-electron chi connectivity index (χ0n) is 15.9. The molecule has 0 aliphatic rings. The lowest BCUT2D eigenvalue weighted by molar-refractivity contribution is 1.16. The number of nitrogen functional groups attached to an aromatic ring is 1. The van der Waals surface area contributed by atoms with Gasteiger partial charge in [0.15, 0.2) is 0 Å². The molecule has 4 aromatic rings. The maximum Gasteiger partial charge on any atom is 0.137 e. The van der Waals surface area contributed by atoms with Gasteiger partial charge in [0.25, 0.3) is 0 Å². The number of benzene rings is 1. The third-order valence-corrected chi connectivity index (χ3v) is 3.68. The Hall–Kier alpha value is -3.47. The van der Waals surface area contributed by atoms with Crippen LogP contribution in [0.25, 0.3) is 16.9 Å². The van der Waals surface area contributed by atoms with Gasteiger partial charge in [-0.3, -0.25) is 4.98 Å². The fraction of sp³-hybridized carbons (Fsp3) is 0.136. The van der Waals surface area contributed by atoms with Crippen molar-refractivity contribution in [2.45, 2.75) is 20.8 Å². The minimum atomic E-state index is 0.772. The smallest absolute Gasteiger partial charge is 0.137 e. The average molecular weight is 359 g/mol. The molecule has 0 atom stereocenters. The zero-order valence-corrected chi connectivity index (χ0v) is 15.9. The van der Waals surface area contributed by atoms with Crippen LogP contribution >= 0.6 is 0 Å². The molecule has 0 bridgehead atoms. The Morgan fingerprint density at radius 2 is 1.59 bits per heavy atom. The molecule has 3 N–H and O–H groups in total. The molecule has 0 saturated heterocycles. The fourth-order valence-electron chi connectivity index (χ4n) is 2.36. The van der Waals surface area contributed by atoms with Crippen molar-refractivity contribution in [2.75, 3.05) is 5.73 Å². The molecular formula is C22H25N5. The molecule has 0 fully saturated rings. The summed E-state index contributed by atoms with van der Waals surface area (Å²) in [6.45, 7) is 6.07. The van der Waals surface area contributed by atoms with Crippen LogP contribution in [0, 0.1) is 12.3 Å². The van der Waals surface area contributed by atoms with Gasteiger partial charge < -0.3 is 15.5 Å². The first-order valence-corrected chi connectivity index (χ1v) is 8.87. The lowest BCUT2D eigenvalue weighted by Gasteiger charge is -1.96. The number of hydrogen-bond donors (Lipinski definition) is 2. The second-order valence-electron chi connectivity index (χ2n) is 5.64. The topological polar surface area (TPSA) is 80.1 Å². The third kappa shape index (κ3) is 5.51. The van der Waals surface area contributed by atoms with Gasteiger partial charge in [-0.25, -0.2) is 4.98 Å². The quantitative estimate of drug-likeness (QED) is 0.390. The Balaban J connectivity index is 0.000000220. The summed E-state index contributed by atoms with van der Waals surface area (Å²) in [6, 6.07) is 15.4. The van der Waals surface area contributed by atoms with Crippen molar-refractivity contribution in [3.05, 3.63) is 84.4 Å². The molecule has 5 nitrogen and oxygen atoms in total. The number of nitrogens with zero attached hydrogens (tertiary/aromatic N) is 3. The third-order valence-electron chi connectivity index (χ3n) is 3.68. The Bertz CT molecular complexity index is 973. The highest BCUT2D eigenvalue weighted by Crippen LogP contribution is 2.20. The highest BCUT2D eigenvalue weighted by molar-refractivity contribution is 5.76. The van der Waals surface area contributed by atoms with Crippen LogP contribution in [-0.4, -0.2) is 20.6 Å². The van der Waals surface area contributed by atoms with Gasteiger partial charge in [0, 0.05) is 42.3 Å². The predicted molar refractivity (Wildman–Crippen MR) is 113 cm³/mol. The molecule has 0 radical (unpaired) electrons. The summed E-state index contributed by atoms with van der Waals surface area (Å²) in [5, 5.41) is 6.79. The normalized spacial score (nSPS) is 9.59. The van der Waals surface area contributed by atoms with Gasteiger partial charge in [-0.05, 0) is 48.4 Å². The molecule has 5 heteroatoms. The van der Waals surface area contributed by atoms with Crippen molar-refractivity contribution in [3.8, 4) is 11.3 Å². The average Bonchev–Trinajstić information content (AvgIpc) is 3.14. The number of rotatable bonds is 2. The maximum atomic E-state index is 6.79. The standard InChI is InChI=1S/C14H13N3.C6H6N2.C2H6/c1-10-2-7-14-16-13(9-17(14)8-10)11-3-5-12(15)6-4-11;7-5-6-1-3-8-4-2-6;1-2/h2-9H,15H2,1H3;1-5,7H;1-2H3. The predicted octanol–water partition coefficient (Wildman–Crippen LogP) is 5.00. The number of aryl methyl sites for hydroxylation is 1. The highest BCUT2D eigenvalue weighted by Gasteiger charge is 2.03. The van der Waals surface area contributed by atoms with E-state index in [4.69, 9.17) is 11.1 Å². The van der Waals surface area contributed by atoms with E-state index in [0.717, 1.165) is 28.2 Å². The van der Waals surface area contributed by atoms with Crippen LogP contribution in [0.3, 0.4) is 0 Å². The number of pyridine rings is 2. The van der Waals surface area contributed by atoms with E-state index in [2.05, 4.69) is 29.2 Å². The minimum Gasteiger partial charge on any atom is -0.399 e. The van der Waals surface area contributed by atoms with Crippen LogP contribution < -0.4 is 5.73 Å². The number of anilines is 1. The van der Waals surface area contributed by atoms with Crippen molar-refractivity contribution in [3.63, 3.8) is 0 Å². The second-order valence-corrected chi connectivity index (χ2v) is 5.64. The molecule has 0 unspecified atom stereocenters. The Morgan fingerprint density at radius 3 is 2.19 bits per heavy atom. The lowest BCUT2D eigenvalue weighted by Crippen LogP contribution is -1.83. The van der Waals surface area contributed by atoms with Crippen LogP contribution in [0.15, 0.2) is 73.3 Å². The zero-order chi connectivity index (χ0) is 19.6. The molecule has 0 amide bonds. The molecule has 0 saturated carbocycles. The summed E-state index contributed by atoms with van der Waals surface area (Å²) in [5.74, 6) is 0. The molecule has 4 rings (SSSR count). The van der Waals surface area contributed by atoms with Gasteiger partial charge in [0.05, 0.1) is 5.69 Å². The van der Waals surface area contributed by atoms with Crippen molar-refractivity contribution in [2.24, 2.45) is 0 Å². The van der Waals surface area contributed by atoms with E-state index in [1.807, 2.05) is 54.8 Å². The van der Waals surface area contributed by atoms with Crippen molar-refractivity contribution < 1.29 is 0 Å². The van der Waals surface area contributed by atoms with Crippen LogP contribution in [0.2, 0.25) is 0 Å². The monoisotopic (exact) mass is 359 g/mol. The summed E-state index contributed by atoms with van der Waals surface area (Å²) in [6.07, 6.45) is 8.74.